The second-order valence-electron chi connectivity index (χ2n) is 7.47. The van der Waals surface area contributed by atoms with Crippen molar-refractivity contribution in [2.45, 2.75) is 58.5 Å². The van der Waals surface area contributed by atoms with E-state index in [9.17, 15) is 24.0 Å². The number of ketones is 2. The molecule has 10 heteroatoms. The lowest BCUT2D eigenvalue weighted by Crippen LogP contribution is -2.48. The number of ether oxygens (including phenoxy) is 4. The fourth-order valence-electron chi connectivity index (χ4n) is 3.85. The molecular formula is C22H21BrO9. The Kier molecular flexibility index (Phi) is 6.94. The van der Waals surface area contributed by atoms with Crippen molar-refractivity contribution >= 4 is 45.4 Å². The zero-order valence-corrected chi connectivity index (χ0v) is 19.4. The Morgan fingerprint density at radius 3 is 2.28 bits per heavy atom. The highest BCUT2D eigenvalue weighted by molar-refractivity contribution is 9.12. The van der Waals surface area contributed by atoms with Crippen molar-refractivity contribution in [1.82, 2.24) is 0 Å². The first-order valence-corrected chi connectivity index (χ1v) is 10.6. The van der Waals surface area contributed by atoms with Gasteiger partial charge in [-0.2, -0.15) is 0 Å². The van der Waals surface area contributed by atoms with Crippen LogP contribution in [0, 0.1) is 0 Å². The number of Topliss-reactive ketones (excluding diaryl/α,β-unsaturated/α-hetero) is 1. The summed E-state index contributed by atoms with van der Waals surface area (Å²) in [5, 5.41) is 0. The van der Waals surface area contributed by atoms with Gasteiger partial charge in [0.2, 0.25) is 5.78 Å². The smallest absolute Gasteiger partial charge is 0.308 e. The molecule has 3 rings (SSSR count). The van der Waals surface area contributed by atoms with Crippen LogP contribution in [0.4, 0.5) is 0 Å². The fraction of sp³-hybridized carbons (Fsp3) is 0.409. The number of hydrogen-bond donors (Lipinski definition) is 0. The number of benzene rings is 1. The molecule has 0 bridgehead atoms. The van der Waals surface area contributed by atoms with Crippen LogP contribution in [0.15, 0.2) is 22.7 Å². The third-order valence-electron chi connectivity index (χ3n) is 5.02. The Bertz CT molecular complexity index is 1040. The second kappa shape index (κ2) is 9.33. The van der Waals surface area contributed by atoms with E-state index >= 15 is 0 Å². The number of carbonyl (C=O) groups excluding carboxylic acids is 5. The number of hydrogen-bond acceptors (Lipinski definition) is 9. The maximum Gasteiger partial charge on any atom is 0.308 e. The SMILES string of the molecule is CC(=O)Oc1c([C@@H]2C[C@@H](OC(C)=O)[C@@H](OC(C)=O)C(C)O2)ccc2c1C(=O)C=C(Br)C2=O. The predicted molar refractivity (Wildman–Crippen MR) is 112 cm³/mol. The van der Waals surface area contributed by atoms with Gasteiger partial charge in [-0.05, 0) is 28.9 Å². The van der Waals surface area contributed by atoms with E-state index in [0.717, 1.165) is 6.08 Å². The minimum absolute atomic E-state index is 0.0479. The number of carbonyl (C=O) groups is 5. The van der Waals surface area contributed by atoms with E-state index in [4.69, 9.17) is 18.9 Å². The van der Waals surface area contributed by atoms with Crippen molar-refractivity contribution in [3.63, 3.8) is 0 Å². The quantitative estimate of drug-likeness (QED) is 0.445. The third-order valence-corrected chi connectivity index (χ3v) is 5.61. The van der Waals surface area contributed by atoms with Crippen LogP contribution < -0.4 is 4.74 Å². The van der Waals surface area contributed by atoms with E-state index in [-0.39, 0.29) is 27.8 Å². The molecule has 170 valence electrons. The van der Waals surface area contributed by atoms with Crippen molar-refractivity contribution < 1.29 is 42.9 Å². The van der Waals surface area contributed by atoms with Crippen LogP contribution in [-0.4, -0.2) is 47.8 Å². The van der Waals surface area contributed by atoms with Gasteiger partial charge in [0.05, 0.1) is 22.3 Å². The maximum atomic E-state index is 12.7. The number of halogens is 1. The molecule has 0 saturated carbocycles. The average Bonchev–Trinajstić information content (AvgIpc) is 2.67. The first-order valence-electron chi connectivity index (χ1n) is 9.81. The first-order chi connectivity index (χ1) is 15.0. The number of allylic oxidation sites excluding steroid dienone is 2. The van der Waals surface area contributed by atoms with E-state index in [1.54, 1.807) is 6.92 Å². The molecule has 32 heavy (non-hydrogen) atoms. The molecule has 1 aromatic rings. The molecule has 0 amide bonds. The summed E-state index contributed by atoms with van der Waals surface area (Å²) in [6.45, 7) is 5.29. The molecule has 1 heterocycles. The lowest BCUT2D eigenvalue weighted by molar-refractivity contribution is -0.204. The van der Waals surface area contributed by atoms with Crippen LogP contribution in [0.3, 0.4) is 0 Å². The average molecular weight is 509 g/mol. The van der Waals surface area contributed by atoms with Crippen LogP contribution in [0.5, 0.6) is 5.75 Å². The van der Waals surface area contributed by atoms with Gasteiger partial charge >= 0.3 is 17.9 Å². The molecule has 1 aliphatic carbocycles. The molecule has 0 radical (unpaired) electrons. The monoisotopic (exact) mass is 508 g/mol. The lowest BCUT2D eigenvalue weighted by atomic mass is 9.87. The molecule has 4 atom stereocenters. The summed E-state index contributed by atoms with van der Waals surface area (Å²) in [7, 11) is 0. The summed E-state index contributed by atoms with van der Waals surface area (Å²) in [6, 6.07) is 2.99. The lowest BCUT2D eigenvalue weighted by Gasteiger charge is -2.39. The summed E-state index contributed by atoms with van der Waals surface area (Å²) in [5.41, 5.74) is 0.368. The van der Waals surface area contributed by atoms with Crippen LogP contribution in [0.2, 0.25) is 0 Å². The Morgan fingerprint density at radius 2 is 1.69 bits per heavy atom. The summed E-state index contributed by atoms with van der Waals surface area (Å²) < 4.78 is 22.1. The molecule has 1 saturated heterocycles. The molecule has 0 spiro atoms. The Hall–Kier alpha value is -2.85. The van der Waals surface area contributed by atoms with Gasteiger partial charge in [-0.1, -0.05) is 6.07 Å². The van der Waals surface area contributed by atoms with E-state index in [1.807, 2.05) is 0 Å². The van der Waals surface area contributed by atoms with Gasteiger partial charge in [-0.3, -0.25) is 24.0 Å². The molecule has 0 N–H and O–H groups in total. The van der Waals surface area contributed by atoms with Gasteiger partial charge in [0.1, 0.15) is 11.9 Å². The number of rotatable bonds is 4. The van der Waals surface area contributed by atoms with Crippen molar-refractivity contribution in [3.05, 3.63) is 39.4 Å². The molecule has 1 aliphatic heterocycles. The molecule has 0 aromatic heterocycles. The van der Waals surface area contributed by atoms with E-state index in [2.05, 4.69) is 15.9 Å². The Morgan fingerprint density at radius 1 is 1.03 bits per heavy atom. The molecular weight excluding hydrogens is 488 g/mol. The Labute approximate surface area is 192 Å². The third kappa shape index (κ3) is 4.81. The minimum atomic E-state index is -0.843. The summed E-state index contributed by atoms with van der Waals surface area (Å²) in [6.07, 6.45) is -1.96. The van der Waals surface area contributed by atoms with Crippen molar-refractivity contribution in [2.75, 3.05) is 0 Å². The van der Waals surface area contributed by atoms with Crippen LogP contribution in [0.1, 0.15) is 66.5 Å². The van der Waals surface area contributed by atoms with Gasteiger partial charge in [0.25, 0.3) is 0 Å². The zero-order valence-electron chi connectivity index (χ0n) is 17.8. The largest absolute Gasteiger partial charge is 0.458 e. The van der Waals surface area contributed by atoms with Crippen molar-refractivity contribution in [3.8, 4) is 5.75 Å². The second-order valence-corrected chi connectivity index (χ2v) is 8.33. The van der Waals surface area contributed by atoms with Gasteiger partial charge in [-0.15, -0.1) is 0 Å². The fourth-order valence-corrected chi connectivity index (χ4v) is 4.27. The minimum Gasteiger partial charge on any atom is -0.458 e. The predicted octanol–water partition coefficient (Wildman–Crippen LogP) is 2.98. The van der Waals surface area contributed by atoms with Crippen LogP contribution >= 0.6 is 15.9 Å². The van der Waals surface area contributed by atoms with Gasteiger partial charge in [0, 0.05) is 44.4 Å². The topological polar surface area (TPSA) is 122 Å². The highest BCUT2D eigenvalue weighted by Gasteiger charge is 2.43. The van der Waals surface area contributed by atoms with Gasteiger partial charge in [0.15, 0.2) is 11.9 Å². The van der Waals surface area contributed by atoms with Crippen molar-refractivity contribution in [1.29, 1.82) is 0 Å². The molecule has 1 aromatic carbocycles. The summed E-state index contributed by atoms with van der Waals surface area (Å²) in [5.74, 6) is -2.84. The van der Waals surface area contributed by atoms with E-state index < -0.39 is 53.9 Å². The van der Waals surface area contributed by atoms with Gasteiger partial charge in [-0.25, -0.2) is 0 Å². The highest BCUT2D eigenvalue weighted by atomic mass is 79.9. The zero-order chi connectivity index (χ0) is 23.7. The molecule has 1 unspecified atom stereocenters. The standard InChI is InChI=1S/C22H21BrO9/c1-9-21(31-11(3)25)18(30-10(2)24)8-17(29-9)13-5-6-14-19(22(13)32-12(4)26)16(27)7-15(23)20(14)28/h5-7,9,17-18,21H,8H2,1-4H3/t9?,17-,18+,21-/m0/s1. The highest BCUT2D eigenvalue weighted by Crippen LogP contribution is 2.42. The van der Waals surface area contributed by atoms with Gasteiger partial charge < -0.3 is 18.9 Å². The van der Waals surface area contributed by atoms with E-state index in [1.165, 1.54) is 32.9 Å². The summed E-state index contributed by atoms with van der Waals surface area (Å²) in [4.78, 5) is 60.2. The molecule has 9 nitrogen and oxygen atoms in total. The van der Waals surface area contributed by atoms with Crippen LogP contribution in [0.25, 0.3) is 0 Å². The normalized spacial score (nSPS) is 24.8. The van der Waals surface area contributed by atoms with E-state index in [0.29, 0.717) is 5.56 Å². The summed E-state index contributed by atoms with van der Waals surface area (Å²) >= 11 is 3.07. The Balaban J connectivity index is 2.07. The maximum absolute atomic E-state index is 12.7. The molecule has 2 aliphatic rings. The first kappa shape index (κ1) is 23.8. The number of esters is 3. The van der Waals surface area contributed by atoms with Crippen molar-refractivity contribution in [2.24, 2.45) is 0 Å². The molecule has 1 fully saturated rings. The van der Waals surface area contributed by atoms with Crippen LogP contribution in [-0.2, 0) is 28.6 Å². The number of fused-ring (bicyclic) bond motifs is 1.